The number of nitrogens with zero attached hydrogens (tertiary/aromatic N) is 1. The highest BCUT2D eigenvalue weighted by atomic mass is 79.9. The van der Waals surface area contributed by atoms with Crippen LogP contribution in [0.25, 0.3) is 6.08 Å². The number of cyclic esters (lactones) is 1. The lowest BCUT2D eigenvalue weighted by Crippen LogP contribution is -2.23. The van der Waals surface area contributed by atoms with Gasteiger partial charge in [0, 0.05) is 11.3 Å². The summed E-state index contributed by atoms with van der Waals surface area (Å²) >= 11 is 3.11. The van der Waals surface area contributed by atoms with E-state index in [1.165, 1.54) is 17.0 Å². The van der Waals surface area contributed by atoms with Gasteiger partial charge in [0.05, 0.1) is 11.0 Å². The van der Waals surface area contributed by atoms with Crippen LogP contribution in [-0.2, 0) is 4.74 Å². The summed E-state index contributed by atoms with van der Waals surface area (Å²) in [5.41, 5.74) is 1.79. The molecule has 0 radical (unpaired) electrons. The van der Waals surface area contributed by atoms with Gasteiger partial charge in [0.25, 0.3) is 0 Å². The number of halogens is 2. The Labute approximate surface area is 146 Å². The third-order valence-corrected chi connectivity index (χ3v) is 4.18. The Bertz CT molecular complexity index is 835. The molecule has 0 spiro atoms. The van der Waals surface area contributed by atoms with Crippen LogP contribution < -0.4 is 4.90 Å². The van der Waals surface area contributed by atoms with E-state index >= 15 is 0 Å². The molecule has 3 rings (SSSR count). The molecule has 4 nitrogen and oxygen atoms in total. The third kappa shape index (κ3) is 3.54. The molecule has 1 fully saturated rings. The first kappa shape index (κ1) is 16.4. The number of allylic oxidation sites excluding steroid dienone is 1. The van der Waals surface area contributed by atoms with Crippen molar-refractivity contribution in [3.05, 3.63) is 70.0 Å². The first-order valence-corrected chi connectivity index (χ1v) is 8.06. The van der Waals surface area contributed by atoms with Crippen molar-refractivity contribution < 1.29 is 18.7 Å². The number of anilines is 1. The average Bonchev–Trinajstić information content (AvgIpc) is 3.02. The molecule has 0 atom stereocenters. The van der Waals surface area contributed by atoms with E-state index in [1.807, 2.05) is 0 Å². The van der Waals surface area contributed by atoms with Gasteiger partial charge in [-0.1, -0.05) is 24.3 Å². The number of benzene rings is 2. The number of rotatable bonds is 4. The maximum atomic E-state index is 13.2. The van der Waals surface area contributed by atoms with Crippen molar-refractivity contribution in [2.75, 3.05) is 18.1 Å². The zero-order chi connectivity index (χ0) is 17.1. The van der Waals surface area contributed by atoms with Gasteiger partial charge >= 0.3 is 6.09 Å². The van der Waals surface area contributed by atoms with Gasteiger partial charge in [-0.25, -0.2) is 9.18 Å². The molecule has 0 unspecified atom stereocenters. The van der Waals surface area contributed by atoms with Gasteiger partial charge in [-0.05, 0) is 51.8 Å². The van der Waals surface area contributed by atoms with Crippen LogP contribution in [0.5, 0.6) is 0 Å². The van der Waals surface area contributed by atoms with E-state index in [-0.39, 0.29) is 11.6 Å². The van der Waals surface area contributed by atoms with E-state index in [2.05, 4.69) is 15.9 Å². The van der Waals surface area contributed by atoms with Gasteiger partial charge in [-0.3, -0.25) is 9.69 Å². The van der Waals surface area contributed by atoms with E-state index in [1.54, 1.807) is 42.5 Å². The van der Waals surface area contributed by atoms with Crippen molar-refractivity contribution in [3.8, 4) is 0 Å². The molecule has 0 aromatic heterocycles. The van der Waals surface area contributed by atoms with Crippen LogP contribution in [0.4, 0.5) is 14.9 Å². The zero-order valence-corrected chi connectivity index (χ0v) is 14.1. The Morgan fingerprint density at radius 1 is 1.25 bits per heavy atom. The number of amides is 1. The van der Waals surface area contributed by atoms with Crippen LogP contribution in [0.15, 0.2) is 53.0 Å². The van der Waals surface area contributed by atoms with Crippen LogP contribution >= 0.6 is 15.9 Å². The molecular weight excluding hydrogens is 377 g/mol. The van der Waals surface area contributed by atoms with Crippen molar-refractivity contribution in [2.45, 2.75) is 0 Å². The Kier molecular flexibility index (Phi) is 4.76. The predicted molar refractivity (Wildman–Crippen MR) is 92.6 cm³/mol. The van der Waals surface area contributed by atoms with E-state index < -0.39 is 6.09 Å². The highest BCUT2D eigenvalue weighted by molar-refractivity contribution is 9.10. The molecule has 0 bridgehead atoms. The van der Waals surface area contributed by atoms with Gasteiger partial charge < -0.3 is 4.74 Å². The molecule has 1 amide bonds. The first-order valence-electron chi connectivity index (χ1n) is 7.26. The van der Waals surface area contributed by atoms with Crippen molar-refractivity contribution >= 4 is 39.6 Å². The highest BCUT2D eigenvalue weighted by Crippen LogP contribution is 2.21. The van der Waals surface area contributed by atoms with Crippen LogP contribution in [-0.4, -0.2) is 25.0 Å². The minimum absolute atomic E-state index is 0.204. The molecule has 24 heavy (non-hydrogen) atoms. The average molecular weight is 390 g/mol. The third-order valence-electron chi connectivity index (χ3n) is 3.57. The summed E-state index contributed by atoms with van der Waals surface area (Å²) in [4.78, 5) is 25.4. The van der Waals surface area contributed by atoms with Gasteiger partial charge in [-0.2, -0.15) is 0 Å². The number of ketones is 1. The quantitative estimate of drug-likeness (QED) is 0.573. The molecule has 0 N–H and O–H groups in total. The number of carbonyl (C=O) groups excluding carboxylic acids is 2. The lowest BCUT2D eigenvalue weighted by molar-refractivity contribution is 0.104. The second-order valence-electron chi connectivity index (χ2n) is 5.19. The molecular formula is C18H13BrFNO3. The fourth-order valence-electron chi connectivity index (χ4n) is 2.34. The standard InChI is InChI=1S/C18H13BrFNO3/c19-15-10-12(4-6-16(15)20)5-7-17(22)13-2-1-3-14(11-13)21-8-9-24-18(21)23/h1-7,10-11H,8-9H2/b7-5+. The lowest BCUT2D eigenvalue weighted by Gasteiger charge is -2.13. The van der Waals surface area contributed by atoms with E-state index in [4.69, 9.17) is 4.74 Å². The number of hydrogen-bond acceptors (Lipinski definition) is 3. The van der Waals surface area contributed by atoms with Crippen molar-refractivity contribution in [1.82, 2.24) is 0 Å². The second-order valence-corrected chi connectivity index (χ2v) is 6.04. The zero-order valence-electron chi connectivity index (χ0n) is 12.5. The topological polar surface area (TPSA) is 46.6 Å². The Hall–Kier alpha value is -2.47. The molecule has 2 aromatic rings. The van der Waals surface area contributed by atoms with E-state index in [0.29, 0.717) is 34.4 Å². The fraction of sp³-hybridized carbons (Fsp3) is 0.111. The van der Waals surface area contributed by atoms with Gasteiger partial charge in [0.2, 0.25) is 0 Å². The predicted octanol–water partition coefficient (Wildman–Crippen LogP) is 4.44. The second kappa shape index (κ2) is 6.97. The summed E-state index contributed by atoms with van der Waals surface area (Å²) in [5.74, 6) is -0.562. The van der Waals surface area contributed by atoms with Crippen LogP contribution in [0.3, 0.4) is 0 Å². The first-order chi connectivity index (χ1) is 11.5. The van der Waals surface area contributed by atoms with Gasteiger partial charge in [0.1, 0.15) is 12.4 Å². The molecule has 2 aromatic carbocycles. The van der Waals surface area contributed by atoms with Crippen molar-refractivity contribution in [1.29, 1.82) is 0 Å². The molecule has 122 valence electrons. The lowest BCUT2D eigenvalue weighted by atomic mass is 10.1. The largest absolute Gasteiger partial charge is 0.447 e. The summed E-state index contributed by atoms with van der Waals surface area (Å²) in [5, 5.41) is 0. The molecule has 1 saturated heterocycles. The van der Waals surface area contributed by atoms with E-state index in [0.717, 1.165) is 0 Å². The van der Waals surface area contributed by atoms with Crippen molar-refractivity contribution in [3.63, 3.8) is 0 Å². The van der Waals surface area contributed by atoms with Gasteiger partial charge in [-0.15, -0.1) is 0 Å². The minimum Gasteiger partial charge on any atom is -0.447 e. The molecule has 1 aliphatic rings. The SMILES string of the molecule is O=C(/C=C/c1ccc(F)c(Br)c1)c1cccc(N2CCOC2=O)c1. The Morgan fingerprint density at radius 2 is 2.08 bits per heavy atom. The molecule has 6 heteroatoms. The minimum atomic E-state index is -0.411. The Morgan fingerprint density at radius 3 is 2.79 bits per heavy atom. The maximum Gasteiger partial charge on any atom is 0.414 e. The summed E-state index contributed by atoms with van der Waals surface area (Å²) in [6.45, 7) is 0.812. The molecule has 1 aliphatic heterocycles. The van der Waals surface area contributed by atoms with Crippen LogP contribution in [0.2, 0.25) is 0 Å². The number of carbonyl (C=O) groups is 2. The summed E-state index contributed by atoms with van der Waals surface area (Å²) < 4.78 is 18.4. The van der Waals surface area contributed by atoms with Crippen LogP contribution in [0, 0.1) is 5.82 Å². The smallest absolute Gasteiger partial charge is 0.414 e. The molecule has 0 aliphatic carbocycles. The van der Waals surface area contributed by atoms with E-state index in [9.17, 15) is 14.0 Å². The monoisotopic (exact) mass is 389 g/mol. The Balaban J connectivity index is 1.78. The summed E-state index contributed by atoms with van der Waals surface area (Å²) in [6.07, 6.45) is 2.62. The fourth-order valence-corrected chi connectivity index (χ4v) is 2.74. The highest BCUT2D eigenvalue weighted by Gasteiger charge is 2.23. The normalized spacial score (nSPS) is 14.2. The van der Waals surface area contributed by atoms with Crippen LogP contribution in [0.1, 0.15) is 15.9 Å². The van der Waals surface area contributed by atoms with Gasteiger partial charge in [0.15, 0.2) is 5.78 Å². The van der Waals surface area contributed by atoms with Crippen molar-refractivity contribution in [2.24, 2.45) is 0 Å². The summed E-state index contributed by atoms with van der Waals surface area (Å²) in [6, 6.07) is 11.3. The molecule has 1 heterocycles. The molecule has 0 saturated carbocycles. The summed E-state index contributed by atoms with van der Waals surface area (Å²) in [7, 11) is 0. The number of hydrogen-bond donors (Lipinski definition) is 0. The maximum absolute atomic E-state index is 13.2. The number of ether oxygens (including phenoxy) is 1.